The molecule has 0 aliphatic heterocycles. The van der Waals surface area contributed by atoms with Gasteiger partial charge in [0.2, 0.25) is 0 Å². The summed E-state index contributed by atoms with van der Waals surface area (Å²) in [5, 5.41) is 22.3. The Bertz CT molecular complexity index is 797. The molecule has 3 aromatic rings. The van der Waals surface area contributed by atoms with Crippen LogP contribution in [-0.2, 0) is 15.9 Å². The van der Waals surface area contributed by atoms with Crippen LogP contribution in [0.5, 0.6) is 5.75 Å². The fourth-order valence-electron chi connectivity index (χ4n) is 2.57. The summed E-state index contributed by atoms with van der Waals surface area (Å²) >= 11 is 0. The minimum Gasteiger partial charge on any atom is -0.506 e. The molecule has 132 valence electrons. The standard InChI is InChI=1S/C18H22N4O3/c1-24-18(25-2)12-19-10-9-13-7-8-17(23)16(11-13)22-20-14-5-3-4-6-15(14)21-22/h3-8,11,18-19,23H,9-10,12H2,1-2H3. The van der Waals surface area contributed by atoms with Gasteiger partial charge in [-0.2, -0.15) is 0 Å². The average molecular weight is 342 g/mol. The van der Waals surface area contributed by atoms with Gasteiger partial charge in [-0.25, -0.2) is 0 Å². The number of fused-ring (bicyclic) bond motifs is 1. The van der Waals surface area contributed by atoms with Gasteiger partial charge in [0.1, 0.15) is 22.5 Å². The molecule has 0 unspecified atom stereocenters. The topological polar surface area (TPSA) is 81.4 Å². The zero-order chi connectivity index (χ0) is 17.6. The number of phenolic OH excluding ortho intramolecular Hbond substituents is 1. The van der Waals surface area contributed by atoms with Crippen molar-refractivity contribution in [2.24, 2.45) is 0 Å². The number of aromatic nitrogens is 3. The number of methoxy groups -OCH3 is 2. The second kappa shape index (κ2) is 8.06. The molecule has 0 aliphatic carbocycles. The highest BCUT2D eigenvalue weighted by atomic mass is 16.7. The Balaban J connectivity index is 1.70. The summed E-state index contributed by atoms with van der Waals surface area (Å²) in [7, 11) is 3.23. The summed E-state index contributed by atoms with van der Waals surface area (Å²) in [6, 6.07) is 13.1. The van der Waals surface area contributed by atoms with E-state index in [0.29, 0.717) is 12.2 Å². The predicted molar refractivity (Wildman–Crippen MR) is 94.9 cm³/mol. The largest absolute Gasteiger partial charge is 0.506 e. The van der Waals surface area contributed by atoms with Crippen LogP contribution in [0, 0.1) is 0 Å². The second-order valence-corrected chi connectivity index (χ2v) is 5.66. The van der Waals surface area contributed by atoms with Crippen molar-refractivity contribution in [2.75, 3.05) is 27.3 Å². The zero-order valence-corrected chi connectivity index (χ0v) is 14.3. The van der Waals surface area contributed by atoms with E-state index in [-0.39, 0.29) is 12.0 Å². The molecular formula is C18H22N4O3. The predicted octanol–water partition coefficient (Wildman–Crippen LogP) is 1.88. The van der Waals surface area contributed by atoms with E-state index >= 15 is 0 Å². The van der Waals surface area contributed by atoms with E-state index in [2.05, 4.69) is 15.5 Å². The Hall–Kier alpha value is -2.48. The van der Waals surface area contributed by atoms with Crippen molar-refractivity contribution in [3.05, 3.63) is 48.0 Å². The summed E-state index contributed by atoms with van der Waals surface area (Å²) < 4.78 is 10.3. The van der Waals surface area contributed by atoms with Crippen molar-refractivity contribution >= 4 is 11.0 Å². The molecule has 0 atom stereocenters. The van der Waals surface area contributed by atoms with Crippen molar-refractivity contribution in [2.45, 2.75) is 12.7 Å². The smallest absolute Gasteiger partial charge is 0.169 e. The molecule has 1 heterocycles. The third-order valence-corrected chi connectivity index (χ3v) is 3.97. The van der Waals surface area contributed by atoms with Gasteiger partial charge in [0, 0.05) is 20.8 Å². The van der Waals surface area contributed by atoms with Gasteiger partial charge < -0.3 is 19.9 Å². The number of nitrogens with zero attached hydrogens (tertiary/aromatic N) is 3. The van der Waals surface area contributed by atoms with Crippen LogP contribution in [0.15, 0.2) is 42.5 Å². The van der Waals surface area contributed by atoms with Crippen LogP contribution in [0.4, 0.5) is 0 Å². The fourth-order valence-corrected chi connectivity index (χ4v) is 2.57. The summed E-state index contributed by atoms with van der Waals surface area (Å²) in [5.41, 5.74) is 3.23. The summed E-state index contributed by atoms with van der Waals surface area (Å²) in [5.74, 6) is 0.149. The molecule has 0 radical (unpaired) electrons. The number of hydrogen-bond donors (Lipinski definition) is 2. The van der Waals surface area contributed by atoms with Gasteiger partial charge in [-0.05, 0) is 42.8 Å². The molecule has 0 saturated carbocycles. The number of aromatic hydroxyl groups is 1. The van der Waals surface area contributed by atoms with E-state index in [1.54, 1.807) is 20.3 Å². The van der Waals surface area contributed by atoms with Crippen LogP contribution >= 0.6 is 0 Å². The van der Waals surface area contributed by atoms with Crippen molar-refractivity contribution < 1.29 is 14.6 Å². The fraction of sp³-hybridized carbons (Fsp3) is 0.333. The number of hydrogen-bond acceptors (Lipinski definition) is 6. The van der Waals surface area contributed by atoms with Crippen molar-refractivity contribution in [1.82, 2.24) is 20.3 Å². The molecule has 25 heavy (non-hydrogen) atoms. The Kier molecular flexibility index (Phi) is 5.60. The Morgan fingerprint density at radius 2 is 1.76 bits per heavy atom. The monoisotopic (exact) mass is 342 g/mol. The third-order valence-electron chi connectivity index (χ3n) is 3.97. The maximum absolute atomic E-state index is 10.2. The Morgan fingerprint density at radius 3 is 2.40 bits per heavy atom. The summed E-state index contributed by atoms with van der Waals surface area (Å²) in [4.78, 5) is 1.48. The molecule has 7 heteroatoms. The van der Waals surface area contributed by atoms with Crippen LogP contribution in [-0.4, -0.2) is 53.7 Å². The first-order chi connectivity index (χ1) is 12.2. The molecule has 0 saturated heterocycles. The van der Waals surface area contributed by atoms with E-state index in [4.69, 9.17) is 9.47 Å². The van der Waals surface area contributed by atoms with Crippen LogP contribution in [0.25, 0.3) is 16.7 Å². The minimum atomic E-state index is -0.254. The third kappa shape index (κ3) is 4.14. The van der Waals surface area contributed by atoms with Crippen LogP contribution < -0.4 is 5.32 Å². The minimum absolute atomic E-state index is 0.149. The first-order valence-corrected chi connectivity index (χ1v) is 8.12. The van der Waals surface area contributed by atoms with Crippen molar-refractivity contribution in [3.63, 3.8) is 0 Å². The lowest BCUT2D eigenvalue weighted by molar-refractivity contribution is -0.0986. The number of ether oxygens (including phenoxy) is 2. The molecule has 2 N–H and O–H groups in total. The van der Waals surface area contributed by atoms with E-state index in [1.165, 1.54) is 4.80 Å². The number of nitrogens with one attached hydrogen (secondary N) is 1. The summed E-state index contributed by atoms with van der Waals surface area (Å²) in [6.07, 6.45) is 0.546. The highest BCUT2D eigenvalue weighted by Crippen LogP contribution is 2.23. The highest BCUT2D eigenvalue weighted by molar-refractivity contribution is 5.73. The first-order valence-electron chi connectivity index (χ1n) is 8.12. The quantitative estimate of drug-likeness (QED) is 0.480. The van der Waals surface area contributed by atoms with Gasteiger partial charge in [0.05, 0.1) is 0 Å². The maximum Gasteiger partial charge on any atom is 0.169 e. The molecule has 0 fully saturated rings. The SMILES string of the molecule is COC(CNCCc1ccc(O)c(-n2nc3ccccc3n2)c1)OC. The van der Waals surface area contributed by atoms with E-state index in [0.717, 1.165) is 29.6 Å². The van der Waals surface area contributed by atoms with Crippen molar-refractivity contribution in [3.8, 4) is 11.4 Å². The molecule has 7 nitrogen and oxygen atoms in total. The highest BCUT2D eigenvalue weighted by Gasteiger charge is 2.10. The molecule has 0 amide bonds. The second-order valence-electron chi connectivity index (χ2n) is 5.66. The van der Waals surface area contributed by atoms with Gasteiger partial charge in [0.15, 0.2) is 6.29 Å². The number of benzene rings is 2. The van der Waals surface area contributed by atoms with Crippen LogP contribution in [0.1, 0.15) is 5.56 Å². The van der Waals surface area contributed by atoms with E-state index in [9.17, 15) is 5.11 Å². The lowest BCUT2D eigenvalue weighted by Crippen LogP contribution is -2.31. The normalized spacial score (nSPS) is 11.5. The summed E-state index contributed by atoms with van der Waals surface area (Å²) in [6.45, 7) is 1.38. The number of phenols is 1. The van der Waals surface area contributed by atoms with Gasteiger partial charge in [0.25, 0.3) is 0 Å². The molecular weight excluding hydrogens is 320 g/mol. The molecule has 1 aromatic heterocycles. The van der Waals surface area contributed by atoms with E-state index < -0.39 is 0 Å². The molecule has 3 rings (SSSR count). The molecule has 0 spiro atoms. The van der Waals surface area contributed by atoms with Gasteiger partial charge in [-0.3, -0.25) is 0 Å². The Labute approximate surface area is 146 Å². The number of rotatable bonds is 8. The zero-order valence-electron chi connectivity index (χ0n) is 14.3. The molecule has 0 aliphatic rings. The lowest BCUT2D eigenvalue weighted by Gasteiger charge is -2.14. The molecule has 0 bridgehead atoms. The van der Waals surface area contributed by atoms with Crippen molar-refractivity contribution in [1.29, 1.82) is 0 Å². The maximum atomic E-state index is 10.2. The average Bonchev–Trinajstić information content (AvgIpc) is 3.07. The van der Waals surface area contributed by atoms with Crippen LogP contribution in [0.3, 0.4) is 0 Å². The van der Waals surface area contributed by atoms with Gasteiger partial charge in [-0.1, -0.05) is 18.2 Å². The Morgan fingerprint density at radius 1 is 1.08 bits per heavy atom. The lowest BCUT2D eigenvalue weighted by atomic mass is 10.1. The van der Waals surface area contributed by atoms with Gasteiger partial charge in [-0.15, -0.1) is 15.0 Å². The first kappa shape index (κ1) is 17.3. The molecule has 2 aromatic carbocycles. The van der Waals surface area contributed by atoms with E-state index in [1.807, 2.05) is 36.4 Å². The van der Waals surface area contributed by atoms with Crippen LogP contribution in [0.2, 0.25) is 0 Å². The van der Waals surface area contributed by atoms with Gasteiger partial charge >= 0.3 is 0 Å².